The van der Waals surface area contributed by atoms with Crippen molar-refractivity contribution in [2.45, 2.75) is 32.4 Å². The van der Waals surface area contributed by atoms with Crippen molar-refractivity contribution in [1.29, 1.82) is 0 Å². The van der Waals surface area contributed by atoms with Gasteiger partial charge in [0.15, 0.2) is 11.5 Å². The minimum absolute atomic E-state index is 0.0471. The van der Waals surface area contributed by atoms with Crippen molar-refractivity contribution in [1.82, 2.24) is 15.0 Å². The van der Waals surface area contributed by atoms with Crippen molar-refractivity contribution in [3.05, 3.63) is 35.7 Å². The quantitative estimate of drug-likeness (QED) is 0.845. The second-order valence-electron chi connectivity index (χ2n) is 4.93. The second-order valence-corrected chi connectivity index (χ2v) is 4.93. The van der Waals surface area contributed by atoms with Crippen molar-refractivity contribution in [3.63, 3.8) is 0 Å². The highest BCUT2D eigenvalue weighted by Gasteiger charge is 2.10. The molecule has 0 aliphatic carbocycles. The lowest BCUT2D eigenvalue weighted by atomic mass is 10.1. The third-order valence-corrected chi connectivity index (χ3v) is 3.33. The summed E-state index contributed by atoms with van der Waals surface area (Å²) in [7, 11) is 3.25. The maximum Gasteiger partial charge on any atom is 0.161 e. The molecule has 0 radical (unpaired) electrons. The molecule has 0 saturated heterocycles. The molecule has 1 aromatic carbocycles. The third kappa shape index (κ3) is 3.72. The van der Waals surface area contributed by atoms with Crippen LogP contribution < -0.4 is 15.2 Å². The SMILES string of the molecule is CCCC(N)c1cn(Cc2ccc(OC)c(OC)c2)nn1. The van der Waals surface area contributed by atoms with E-state index in [0.29, 0.717) is 18.0 Å². The van der Waals surface area contributed by atoms with Gasteiger partial charge in [-0.25, -0.2) is 4.68 Å². The van der Waals surface area contributed by atoms with Crippen molar-refractivity contribution in [2.24, 2.45) is 5.73 Å². The molecular weight excluding hydrogens is 268 g/mol. The molecule has 1 heterocycles. The van der Waals surface area contributed by atoms with Gasteiger partial charge < -0.3 is 15.2 Å². The maximum absolute atomic E-state index is 6.04. The number of rotatable bonds is 7. The molecule has 6 nitrogen and oxygen atoms in total. The van der Waals surface area contributed by atoms with E-state index in [0.717, 1.165) is 24.1 Å². The first-order chi connectivity index (χ1) is 10.2. The fourth-order valence-electron chi connectivity index (χ4n) is 2.19. The summed E-state index contributed by atoms with van der Waals surface area (Å²) in [6.07, 6.45) is 3.84. The summed E-state index contributed by atoms with van der Waals surface area (Å²) in [6, 6.07) is 5.75. The molecule has 6 heteroatoms. The minimum Gasteiger partial charge on any atom is -0.493 e. The summed E-state index contributed by atoms with van der Waals surface area (Å²) in [5.41, 5.74) is 7.94. The number of benzene rings is 1. The van der Waals surface area contributed by atoms with Crippen molar-refractivity contribution in [3.8, 4) is 11.5 Å². The van der Waals surface area contributed by atoms with Crippen LogP contribution in [0.5, 0.6) is 11.5 Å². The molecule has 0 bridgehead atoms. The second kappa shape index (κ2) is 7.08. The van der Waals surface area contributed by atoms with E-state index in [1.165, 1.54) is 0 Å². The molecule has 1 aromatic heterocycles. The van der Waals surface area contributed by atoms with E-state index in [4.69, 9.17) is 15.2 Å². The summed E-state index contributed by atoms with van der Waals surface area (Å²) in [4.78, 5) is 0. The van der Waals surface area contributed by atoms with E-state index in [2.05, 4.69) is 17.2 Å². The fraction of sp³-hybridized carbons (Fsp3) is 0.467. The predicted octanol–water partition coefficient (Wildman–Crippen LogP) is 2.14. The molecule has 2 N–H and O–H groups in total. The molecule has 2 aromatic rings. The number of nitrogens with zero attached hydrogens (tertiary/aromatic N) is 3. The zero-order valence-corrected chi connectivity index (χ0v) is 12.7. The zero-order valence-electron chi connectivity index (χ0n) is 12.7. The molecule has 1 atom stereocenters. The Morgan fingerprint density at radius 3 is 2.67 bits per heavy atom. The molecule has 0 aliphatic heterocycles. The lowest BCUT2D eigenvalue weighted by molar-refractivity contribution is 0.354. The Labute approximate surface area is 124 Å². The number of hydrogen-bond donors (Lipinski definition) is 1. The molecule has 21 heavy (non-hydrogen) atoms. The Kier molecular flexibility index (Phi) is 5.16. The average Bonchev–Trinajstić information content (AvgIpc) is 2.96. The smallest absolute Gasteiger partial charge is 0.161 e. The molecule has 0 fully saturated rings. The first-order valence-electron chi connectivity index (χ1n) is 7.04. The van der Waals surface area contributed by atoms with Gasteiger partial charge in [-0.2, -0.15) is 0 Å². The van der Waals surface area contributed by atoms with Crippen LogP contribution in [0.15, 0.2) is 24.4 Å². The first kappa shape index (κ1) is 15.3. The lowest BCUT2D eigenvalue weighted by Crippen LogP contribution is -2.10. The Bertz CT molecular complexity index is 583. The monoisotopic (exact) mass is 290 g/mol. The third-order valence-electron chi connectivity index (χ3n) is 3.33. The van der Waals surface area contributed by atoms with E-state index in [1.54, 1.807) is 18.9 Å². The number of aromatic nitrogens is 3. The van der Waals surface area contributed by atoms with Crippen molar-refractivity contribution < 1.29 is 9.47 Å². The van der Waals surface area contributed by atoms with Gasteiger partial charge in [-0.15, -0.1) is 5.10 Å². The van der Waals surface area contributed by atoms with Crippen LogP contribution in [0.3, 0.4) is 0 Å². The molecule has 1 unspecified atom stereocenters. The molecule has 114 valence electrons. The summed E-state index contributed by atoms with van der Waals surface area (Å²) in [6.45, 7) is 2.72. The summed E-state index contributed by atoms with van der Waals surface area (Å²) in [5, 5.41) is 8.27. The lowest BCUT2D eigenvalue weighted by Gasteiger charge is -2.09. The minimum atomic E-state index is -0.0471. The van der Waals surface area contributed by atoms with Gasteiger partial charge in [-0.05, 0) is 24.1 Å². The van der Waals surface area contributed by atoms with Gasteiger partial charge in [0.05, 0.1) is 38.7 Å². The summed E-state index contributed by atoms with van der Waals surface area (Å²) in [5.74, 6) is 1.42. The average molecular weight is 290 g/mol. The number of ether oxygens (including phenoxy) is 2. The Morgan fingerprint density at radius 2 is 2.00 bits per heavy atom. The topological polar surface area (TPSA) is 75.2 Å². The Balaban J connectivity index is 2.11. The first-order valence-corrected chi connectivity index (χ1v) is 7.04. The fourth-order valence-corrected chi connectivity index (χ4v) is 2.19. The van der Waals surface area contributed by atoms with Crippen LogP contribution >= 0.6 is 0 Å². The van der Waals surface area contributed by atoms with Gasteiger partial charge in [0.25, 0.3) is 0 Å². The molecule has 0 spiro atoms. The Morgan fingerprint density at radius 1 is 1.24 bits per heavy atom. The molecule has 0 aliphatic rings. The van der Waals surface area contributed by atoms with Crippen LogP contribution in [0.25, 0.3) is 0 Å². The number of hydrogen-bond acceptors (Lipinski definition) is 5. The van der Waals surface area contributed by atoms with E-state index in [9.17, 15) is 0 Å². The van der Waals surface area contributed by atoms with E-state index in [1.807, 2.05) is 24.4 Å². The van der Waals surface area contributed by atoms with E-state index < -0.39 is 0 Å². The van der Waals surface area contributed by atoms with Gasteiger partial charge in [0, 0.05) is 0 Å². The van der Waals surface area contributed by atoms with Gasteiger partial charge in [0.1, 0.15) is 0 Å². The van der Waals surface area contributed by atoms with Crippen molar-refractivity contribution >= 4 is 0 Å². The summed E-state index contributed by atoms with van der Waals surface area (Å²) >= 11 is 0. The highest BCUT2D eigenvalue weighted by Crippen LogP contribution is 2.27. The standard InChI is InChI=1S/C15H22N4O2/c1-4-5-12(16)13-10-19(18-17-13)9-11-6-7-14(20-2)15(8-11)21-3/h6-8,10,12H,4-5,9,16H2,1-3H3. The number of nitrogens with two attached hydrogens (primary N) is 1. The van der Waals surface area contributed by atoms with E-state index >= 15 is 0 Å². The number of methoxy groups -OCH3 is 2. The van der Waals surface area contributed by atoms with Crippen molar-refractivity contribution in [2.75, 3.05) is 14.2 Å². The van der Waals surface area contributed by atoms with E-state index in [-0.39, 0.29) is 6.04 Å². The predicted molar refractivity (Wildman–Crippen MR) is 80.5 cm³/mol. The zero-order chi connectivity index (χ0) is 15.2. The normalized spacial score (nSPS) is 12.2. The summed E-state index contributed by atoms with van der Waals surface area (Å²) < 4.78 is 12.3. The van der Waals surface area contributed by atoms with Crippen LogP contribution in [-0.2, 0) is 6.54 Å². The maximum atomic E-state index is 6.04. The van der Waals surface area contributed by atoms with Gasteiger partial charge >= 0.3 is 0 Å². The highest BCUT2D eigenvalue weighted by molar-refractivity contribution is 5.42. The molecule has 0 amide bonds. The molecule has 2 rings (SSSR count). The molecule has 0 saturated carbocycles. The van der Waals surface area contributed by atoms with Crippen LogP contribution in [0.4, 0.5) is 0 Å². The largest absolute Gasteiger partial charge is 0.493 e. The Hall–Kier alpha value is -2.08. The van der Waals surface area contributed by atoms with Crippen LogP contribution in [0, 0.1) is 0 Å². The van der Waals surface area contributed by atoms with Crippen LogP contribution in [-0.4, -0.2) is 29.2 Å². The van der Waals surface area contributed by atoms with Crippen LogP contribution in [0.1, 0.15) is 37.1 Å². The highest BCUT2D eigenvalue weighted by atomic mass is 16.5. The molecular formula is C15H22N4O2. The van der Waals surface area contributed by atoms with Gasteiger partial charge in [0.2, 0.25) is 0 Å². The van der Waals surface area contributed by atoms with Gasteiger partial charge in [-0.3, -0.25) is 0 Å². The van der Waals surface area contributed by atoms with Gasteiger partial charge in [-0.1, -0.05) is 24.6 Å². The van der Waals surface area contributed by atoms with Crippen LogP contribution in [0.2, 0.25) is 0 Å².